The summed E-state index contributed by atoms with van der Waals surface area (Å²) in [6.45, 7) is 8.65. The van der Waals surface area contributed by atoms with Gasteiger partial charge in [-0.15, -0.1) is 0 Å². The van der Waals surface area contributed by atoms with Crippen molar-refractivity contribution >= 4 is 11.8 Å². The molecule has 0 saturated carbocycles. The number of hydrogen-bond acceptors (Lipinski definition) is 5. The molecule has 1 aromatic carbocycles. The second kappa shape index (κ2) is 9.42. The Morgan fingerprint density at radius 2 is 1.85 bits per heavy atom. The quantitative estimate of drug-likeness (QED) is 0.584. The number of imidazole rings is 1. The maximum atomic E-state index is 13.5. The Labute approximate surface area is 200 Å². The highest BCUT2D eigenvalue weighted by Crippen LogP contribution is 2.28. The van der Waals surface area contributed by atoms with E-state index in [9.17, 15) is 9.59 Å². The van der Waals surface area contributed by atoms with Crippen molar-refractivity contribution in [3.8, 4) is 11.4 Å². The molecule has 1 aliphatic rings. The van der Waals surface area contributed by atoms with Gasteiger partial charge in [-0.25, -0.2) is 4.98 Å². The molecular formula is C25H33N7O2. The van der Waals surface area contributed by atoms with Crippen LogP contribution in [0, 0.1) is 5.41 Å². The van der Waals surface area contributed by atoms with Gasteiger partial charge in [0.15, 0.2) is 5.69 Å². The highest BCUT2D eigenvalue weighted by Gasteiger charge is 2.35. The fraction of sp³-hybridized carbons (Fsp3) is 0.440. The van der Waals surface area contributed by atoms with Gasteiger partial charge >= 0.3 is 0 Å². The number of fused-ring (bicyclic) bond motifs is 1. The molecule has 0 aliphatic carbocycles. The van der Waals surface area contributed by atoms with E-state index in [2.05, 4.69) is 25.2 Å². The number of hydrogen-bond donors (Lipinski definition) is 2. The van der Waals surface area contributed by atoms with Crippen LogP contribution >= 0.6 is 0 Å². The van der Waals surface area contributed by atoms with Crippen LogP contribution < -0.4 is 10.6 Å². The first kappa shape index (κ1) is 23.7. The van der Waals surface area contributed by atoms with Crippen molar-refractivity contribution in [1.82, 2.24) is 34.9 Å². The van der Waals surface area contributed by atoms with E-state index in [1.54, 1.807) is 13.2 Å². The Morgan fingerprint density at radius 1 is 1.12 bits per heavy atom. The van der Waals surface area contributed by atoms with E-state index in [-0.39, 0.29) is 11.8 Å². The smallest absolute Gasteiger partial charge is 0.272 e. The van der Waals surface area contributed by atoms with Gasteiger partial charge in [0.2, 0.25) is 5.91 Å². The van der Waals surface area contributed by atoms with Crippen molar-refractivity contribution in [2.24, 2.45) is 12.5 Å². The van der Waals surface area contributed by atoms with Crippen LogP contribution in [0.4, 0.5) is 0 Å². The molecule has 9 heteroatoms. The average Bonchev–Trinajstić information content (AvgIpc) is 3.40. The number of benzene rings is 1. The minimum atomic E-state index is -0.684. The lowest BCUT2D eigenvalue weighted by atomic mass is 9.86. The van der Waals surface area contributed by atoms with E-state index < -0.39 is 11.5 Å². The molecular weight excluding hydrogens is 430 g/mol. The number of nitrogens with one attached hydrogen (secondary N) is 2. The zero-order valence-corrected chi connectivity index (χ0v) is 20.5. The Bertz CT molecular complexity index is 1170. The summed E-state index contributed by atoms with van der Waals surface area (Å²) in [4.78, 5) is 33.1. The zero-order chi connectivity index (χ0) is 24.5. The highest BCUT2D eigenvalue weighted by molar-refractivity contribution is 5.97. The van der Waals surface area contributed by atoms with E-state index in [1.165, 1.54) is 0 Å². The third kappa shape index (κ3) is 4.75. The molecule has 4 rings (SSSR count). The van der Waals surface area contributed by atoms with Gasteiger partial charge in [0, 0.05) is 52.0 Å². The SMILES string of the molecule is CNC(=O)[C@@H](NC(=O)c1nc(-c2ccccc2)n2c1CN(Cc1ccnn1C)CC2)C(C)(C)C. The number of rotatable bonds is 6. The van der Waals surface area contributed by atoms with E-state index in [4.69, 9.17) is 4.98 Å². The standard InChI is InChI=1S/C25H33N7O2/c1-25(2,3)21(24(34)26-4)29-23(33)20-19-16-31(15-18-11-12-27-30(18)5)13-14-32(19)22(28-20)17-9-7-6-8-10-17/h6-12,21H,13-16H2,1-5H3,(H,26,34)(H,29,33)/t21-/m1/s1. The third-order valence-corrected chi connectivity index (χ3v) is 6.29. The van der Waals surface area contributed by atoms with Crippen molar-refractivity contribution in [1.29, 1.82) is 0 Å². The van der Waals surface area contributed by atoms with Gasteiger partial charge in [-0.2, -0.15) is 5.10 Å². The van der Waals surface area contributed by atoms with Gasteiger partial charge in [0.1, 0.15) is 11.9 Å². The summed E-state index contributed by atoms with van der Waals surface area (Å²) in [6, 6.07) is 11.2. The van der Waals surface area contributed by atoms with E-state index in [0.717, 1.165) is 42.4 Å². The zero-order valence-electron chi connectivity index (χ0n) is 20.5. The summed E-state index contributed by atoms with van der Waals surface area (Å²) in [5.74, 6) is 0.208. The minimum Gasteiger partial charge on any atom is -0.357 e. The van der Waals surface area contributed by atoms with Crippen LogP contribution in [0.2, 0.25) is 0 Å². The molecule has 0 bridgehead atoms. The molecule has 3 heterocycles. The van der Waals surface area contributed by atoms with Gasteiger partial charge in [-0.3, -0.25) is 19.2 Å². The van der Waals surface area contributed by atoms with Crippen LogP contribution in [0.5, 0.6) is 0 Å². The van der Waals surface area contributed by atoms with Crippen molar-refractivity contribution in [2.75, 3.05) is 13.6 Å². The third-order valence-electron chi connectivity index (χ3n) is 6.29. The van der Waals surface area contributed by atoms with Crippen molar-refractivity contribution in [2.45, 2.75) is 46.4 Å². The summed E-state index contributed by atoms with van der Waals surface area (Å²) in [6.07, 6.45) is 1.79. The molecule has 0 saturated heterocycles. The van der Waals surface area contributed by atoms with Crippen LogP contribution in [0.15, 0.2) is 42.6 Å². The Morgan fingerprint density at radius 3 is 2.47 bits per heavy atom. The predicted molar refractivity (Wildman–Crippen MR) is 130 cm³/mol. The van der Waals surface area contributed by atoms with Crippen molar-refractivity contribution < 1.29 is 9.59 Å². The minimum absolute atomic E-state index is 0.227. The molecule has 0 radical (unpaired) electrons. The number of aryl methyl sites for hydroxylation is 1. The van der Waals surface area contributed by atoms with Crippen LogP contribution in [-0.4, -0.2) is 55.7 Å². The van der Waals surface area contributed by atoms with E-state index >= 15 is 0 Å². The van der Waals surface area contributed by atoms with Crippen LogP contribution in [0.25, 0.3) is 11.4 Å². The number of likely N-dealkylation sites (N-methyl/N-ethyl adjacent to an activating group) is 1. The summed E-state index contributed by atoms with van der Waals surface area (Å²) in [5.41, 5.74) is 2.83. The Kier molecular flexibility index (Phi) is 6.56. The molecule has 2 aromatic heterocycles. The van der Waals surface area contributed by atoms with Gasteiger partial charge in [0.25, 0.3) is 5.91 Å². The van der Waals surface area contributed by atoms with Crippen LogP contribution in [0.3, 0.4) is 0 Å². The lowest BCUT2D eigenvalue weighted by molar-refractivity contribution is -0.124. The van der Waals surface area contributed by atoms with E-state index in [1.807, 2.05) is 68.9 Å². The number of carbonyl (C=O) groups is 2. The molecule has 0 spiro atoms. The normalized spacial score (nSPS) is 15.0. The summed E-state index contributed by atoms with van der Waals surface area (Å²) < 4.78 is 4.00. The molecule has 180 valence electrons. The molecule has 1 atom stereocenters. The highest BCUT2D eigenvalue weighted by atomic mass is 16.2. The van der Waals surface area contributed by atoms with Gasteiger partial charge in [-0.1, -0.05) is 51.1 Å². The number of nitrogens with zero attached hydrogens (tertiary/aromatic N) is 5. The molecule has 3 aromatic rings. The van der Waals surface area contributed by atoms with Crippen molar-refractivity contribution in [3.63, 3.8) is 0 Å². The lowest BCUT2D eigenvalue weighted by Crippen LogP contribution is -2.53. The molecule has 1 aliphatic heterocycles. The number of aromatic nitrogens is 4. The first-order valence-electron chi connectivity index (χ1n) is 11.6. The fourth-order valence-corrected chi connectivity index (χ4v) is 4.35. The Hall–Kier alpha value is -3.46. The molecule has 34 heavy (non-hydrogen) atoms. The summed E-state index contributed by atoms with van der Waals surface area (Å²) in [7, 11) is 3.51. The number of carbonyl (C=O) groups excluding carboxylic acids is 2. The molecule has 2 N–H and O–H groups in total. The maximum Gasteiger partial charge on any atom is 0.272 e. The molecule has 2 amide bonds. The number of amides is 2. The predicted octanol–water partition coefficient (Wildman–Crippen LogP) is 2.19. The first-order valence-corrected chi connectivity index (χ1v) is 11.6. The topological polar surface area (TPSA) is 97.1 Å². The average molecular weight is 464 g/mol. The first-order chi connectivity index (χ1) is 16.2. The van der Waals surface area contributed by atoms with E-state index in [0.29, 0.717) is 12.2 Å². The summed E-state index contributed by atoms with van der Waals surface area (Å²) >= 11 is 0. The fourth-order valence-electron chi connectivity index (χ4n) is 4.35. The maximum absolute atomic E-state index is 13.5. The van der Waals surface area contributed by atoms with Crippen molar-refractivity contribution in [3.05, 3.63) is 59.7 Å². The molecule has 0 unspecified atom stereocenters. The largest absolute Gasteiger partial charge is 0.357 e. The molecule has 0 fully saturated rings. The second-order valence-corrected chi connectivity index (χ2v) is 9.79. The summed E-state index contributed by atoms with van der Waals surface area (Å²) in [5, 5.41) is 9.88. The van der Waals surface area contributed by atoms with Crippen LogP contribution in [-0.2, 0) is 31.5 Å². The molecule has 9 nitrogen and oxygen atoms in total. The Balaban J connectivity index is 1.69. The lowest BCUT2D eigenvalue weighted by Gasteiger charge is -2.31. The van der Waals surface area contributed by atoms with Crippen LogP contribution in [0.1, 0.15) is 42.6 Å². The van der Waals surface area contributed by atoms with Gasteiger partial charge in [0.05, 0.1) is 11.4 Å². The van der Waals surface area contributed by atoms with Gasteiger partial charge < -0.3 is 15.2 Å². The second-order valence-electron chi connectivity index (χ2n) is 9.79. The van der Waals surface area contributed by atoms with Gasteiger partial charge in [-0.05, 0) is 11.5 Å². The monoisotopic (exact) mass is 463 g/mol.